The zero-order valence-corrected chi connectivity index (χ0v) is 10.1. The minimum absolute atomic E-state index is 0.0887. The molecule has 0 aliphatic carbocycles. The van der Waals surface area contributed by atoms with Gasteiger partial charge in [-0.25, -0.2) is 0 Å². The first-order valence-electron chi connectivity index (χ1n) is 4.80. The van der Waals surface area contributed by atoms with Crippen LogP contribution in [0.3, 0.4) is 0 Å². The number of amides is 1. The maximum Gasteiger partial charge on any atom is 0.230 e. The molecule has 4 nitrogen and oxygen atoms in total. The second-order valence-electron chi connectivity index (χ2n) is 3.31. The second-order valence-corrected chi connectivity index (χ2v) is 4.12. The van der Waals surface area contributed by atoms with E-state index in [0.29, 0.717) is 21.4 Å². The van der Waals surface area contributed by atoms with Crippen LogP contribution in [-0.4, -0.2) is 11.1 Å². The highest BCUT2D eigenvalue weighted by molar-refractivity contribution is 6.36. The molecule has 0 fully saturated rings. The van der Waals surface area contributed by atoms with E-state index in [4.69, 9.17) is 23.2 Å². The summed E-state index contributed by atoms with van der Waals surface area (Å²) in [5, 5.41) is 7.06. The van der Waals surface area contributed by atoms with E-state index in [-0.39, 0.29) is 12.3 Å². The molecule has 17 heavy (non-hydrogen) atoms. The molecular weight excluding hydrogens is 263 g/mol. The first-order valence-corrected chi connectivity index (χ1v) is 5.55. The summed E-state index contributed by atoms with van der Waals surface area (Å²) in [6.07, 6.45) is 1.46. The zero-order valence-electron chi connectivity index (χ0n) is 8.61. The Balaban J connectivity index is 2.08. The Labute approximate surface area is 108 Å². The molecule has 0 unspecified atom stereocenters. The Morgan fingerprint density at radius 1 is 1.29 bits per heavy atom. The number of rotatable bonds is 3. The molecule has 0 radical (unpaired) electrons. The lowest BCUT2D eigenvalue weighted by Crippen LogP contribution is -2.15. The number of hydrogen-bond donors (Lipinski definition) is 1. The maximum atomic E-state index is 11.7. The lowest BCUT2D eigenvalue weighted by Gasteiger charge is -2.06. The molecule has 0 atom stereocenters. The fourth-order valence-electron chi connectivity index (χ4n) is 1.33. The molecule has 0 aliphatic rings. The second kappa shape index (κ2) is 5.21. The quantitative estimate of drug-likeness (QED) is 0.932. The number of anilines is 1. The third-order valence-corrected chi connectivity index (χ3v) is 2.81. The van der Waals surface area contributed by atoms with Crippen LogP contribution in [0.4, 0.5) is 5.82 Å². The fraction of sp³-hybridized carbons (Fsp3) is 0.0909. The average Bonchev–Trinajstić information content (AvgIpc) is 2.76. The largest absolute Gasteiger partial charge is 0.363 e. The van der Waals surface area contributed by atoms with E-state index in [1.54, 1.807) is 24.3 Å². The normalized spacial score (nSPS) is 10.2. The Bertz CT molecular complexity index is 506. The van der Waals surface area contributed by atoms with Gasteiger partial charge in [-0.1, -0.05) is 34.4 Å². The van der Waals surface area contributed by atoms with Gasteiger partial charge in [-0.3, -0.25) is 4.79 Å². The highest BCUT2D eigenvalue weighted by Crippen LogP contribution is 2.24. The van der Waals surface area contributed by atoms with Crippen LogP contribution in [-0.2, 0) is 11.2 Å². The molecule has 6 heteroatoms. The highest BCUT2D eigenvalue weighted by atomic mass is 35.5. The molecule has 0 saturated heterocycles. The Morgan fingerprint density at radius 3 is 2.59 bits per heavy atom. The molecule has 1 aromatic heterocycles. The molecule has 0 saturated carbocycles. The van der Waals surface area contributed by atoms with Crippen molar-refractivity contribution in [2.45, 2.75) is 6.42 Å². The Morgan fingerprint density at radius 2 is 2.00 bits per heavy atom. The van der Waals surface area contributed by atoms with E-state index >= 15 is 0 Å². The Kier molecular flexibility index (Phi) is 3.66. The molecule has 1 heterocycles. The molecule has 1 amide bonds. The van der Waals surface area contributed by atoms with Crippen molar-refractivity contribution in [1.29, 1.82) is 0 Å². The Hall–Kier alpha value is -1.52. The summed E-state index contributed by atoms with van der Waals surface area (Å²) in [5.74, 6) is 0.104. The van der Waals surface area contributed by atoms with E-state index < -0.39 is 0 Å². The molecule has 0 spiro atoms. The van der Waals surface area contributed by atoms with Gasteiger partial charge >= 0.3 is 0 Å². The van der Waals surface area contributed by atoms with Gasteiger partial charge in [0.2, 0.25) is 5.91 Å². The van der Waals surface area contributed by atoms with Crippen molar-refractivity contribution in [3.63, 3.8) is 0 Å². The summed E-state index contributed by atoms with van der Waals surface area (Å²) in [6.45, 7) is 0. The van der Waals surface area contributed by atoms with Crippen LogP contribution in [0.15, 0.2) is 35.1 Å². The smallest absolute Gasteiger partial charge is 0.230 e. The first-order chi connectivity index (χ1) is 8.16. The molecule has 0 aliphatic heterocycles. The van der Waals surface area contributed by atoms with Crippen molar-refractivity contribution in [2.75, 3.05) is 5.32 Å². The molecule has 0 bridgehead atoms. The topological polar surface area (TPSA) is 55.1 Å². The summed E-state index contributed by atoms with van der Waals surface area (Å²) in [4.78, 5) is 11.7. The lowest BCUT2D eigenvalue weighted by molar-refractivity contribution is -0.115. The number of carbonyl (C=O) groups is 1. The number of hydrogen-bond acceptors (Lipinski definition) is 3. The molecule has 88 valence electrons. The van der Waals surface area contributed by atoms with Gasteiger partial charge in [-0.2, -0.15) is 0 Å². The van der Waals surface area contributed by atoms with Gasteiger partial charge in [0.05, 0.1) is 6.42 Å². The van der Waals surface area contributed by atoms with Gasteiger partial charge < -0.3 is 9.84 Å². The van der Waals surface area contributed by atoms with E-state index in [9.17, 15) is 4.79 Å². The summed E-state index contributed by atoms with van der Waals surface area (Å²) in [5.41, 5.74) is 0.594. The molecule has 2 aromatic rings. The molecule has 1 aromatic carbocycles. The van der Waals surface area contributed by atoms with Gasteiger partial charge in [0.25, 0.3) is 0 Å². The number of nitrogens with one attached hydrogen (secondary N) is 1. The van der Waals surface area contributed by atoms with Crippen molar-refractivity contribution in [1.82, 2.24) is 5.16 Å². The van der Waals surface area contributed by atoms with Crippen LogP contribution in [0.5, 0.6) is 0 Å². The fourth-order valence-corrected chi connectivity index (χ4v) is 1.86. The number of aromatic nitrogens is 1. The number of nitrogens with zero attached hydrogens (tertiary/aromatic N) is 1. The standard InChI is InChI=1S/C11H8Cl2N2O2/c12-8-2-1-3-9(13)7(8)6-11(16)14-10-4-5-17-15-10/h1-5H,6H2,(H,14,15,16). The van der Waals surface area contributed by atoms with Crippen LogP contribution < -0.4 is 5.32 Å². The van der Waals surface area contributed by atoms with Crippen LogP contribution in [0.1, 0.15) is 5.56 Å². The summed E-state index contributed by atoms with van der Waals surface area (Å²) < 4.78 is 4.60. The third kappa shape index (κ3) is 2.99. The van der Waals surface area contributed by atoms with Crippen LogP contribution in [0, 0.1) is 0 Å². The SMILES string of the molecule is O=C(Cc1c(Cl)cccc1Cl)Nc1ccon1. The molecular formula is C11H8Cl2N2O2. The minimum atomic E-state index is -0.256. The number of halogens is 2. The summed E-state index contributed by atoms with van der Waals surface area (Å²) in [6, 6.07) is 6.65. The number of carbonyl (C=O) groups excluding carboxylic acids is 1. The van der Waals surface area contributed by atoms with E-state index in [0.717, 1.165) is 0 Å². The maximum absolute atomic E-state index is 11.7. The van der Waals surface area contributed by atoms with E-state index in [2.05, 4.69) is 15.0 Å². The minimum Gasteiger partial charge on any atom is -0.363 e. The number of benzene rings is 1. The summed E-state index contributed by atoms with van der Waals surface area (Å²) >= 11 is 11.9. The zero-order chi connectivity index (χ0) is 12.3. The van der Waals surface area contributed by atoms with Crippen molar-refractivity contribution in [3.8, 4) is 0 Å². The first kappa shape index (κ1) is 12.0. The molecule has 2 rings (SSSR count). The van der Waals surface area contributed by atoms with Crippen molar-refractivity contribution in [3.05, 3.63) is 46.1 Å². The van der Waals surface area contributed by atoms with Gasteiger partial charge in [0, 0.05) is 16.1 Å². The third-order valence-electron chi connectivity index (χ3n) is 2.10. The van der Waals surface area contributed by atoms with Gasteiger partial charge in [0.1, 0.15) is 6.26 Å². The summed E-state index contributed by atoms with van der Waals surface area (Å²) in [7, 11) is 0. The van der Waals surface area contributed by atoms with Crippen LogP contribution in [0.25, 0.3) is 0 Å². The van der Waals surface area contributed by atoms with Crippen molar-refractivity contribution < 1.29 is 9.32 Å². The predicted molar refractivity (Wildman–Crippen MR) is 65.3 cm³/mol. The highest BCUT2D eigenvalue weighted by Gasteiger charge is 2.11. The van der Waals surface area contributed by atoms with E-state index in [1.165, 1.54) is 6.26 Å². The average molecular weight is 271 g/mol. The molecule has 1 N–H and O–H groups in total. The monoisotopic (exact) mass is 270 g/mol. The van der Waals surface area contributed by atoms with Crippen molar-refractivity contribution in [2.24, 2.45) is 0 Å². The van der Waals surface area contributed by atoms with Crippen LogP contribution >= 0.6 is 23.2 Å². The van der Waals surface area contributed by atoms with Gasteiger partial charge in [-0.05, 0) is 17.7 Å². The van der Waals surface area contributed by atoms with Crippen molar-refractivity contribution >= 4 is 34.9 Å². The van der Waals surface area contributed by atoms with Gasteiger partial charge in [-0.15, -0.1) is 0 Å². The van der Waals surface area contributed by atoms with E-state index in [1.807, 2.05) is 0 Å². The predicted octanol–water partition coefficient (Wildman–Crippen LogP) is 3.16. The lowest BCUT2D eigenvalue weighted by atomic mass is 10.1. The van der Waals surface area contributed by atoms with Crippen LogP contribution in [0.2, 0.25) is 10.0 Å². The van der Waals surface area contributed by atoms with Gasteiger partial charge in [0.15, 0.2) is 5.82 Å².